The van der Waals surface area contributed by atoms with Crippen molar-refractivity contribution in [2.24, 2.45) is 5.10 Å². The Morgan fingerprint density at radius 1 is 1.00 bits per heavy atom. The number of fused-ring (bicyclic) bond motifs is 1. The first-order valence-corrected chi connectivity index (χ1v) is 12.2. The Hall–Kier alpha value is -5.02. The Bertz CT molecular complexity index is 1750. The van der Waals surface area contributed by atoms with Gasteiger partial charge >= 0.3 is 0 Å². The minimum Gasteiger partial charge on any atom is -0.382 e. The summed E-state index contributed by atoms with van der Waals surface area (Å²) in [5.41, 5.74) is -1.50. The third-order valence-electron chi connectivity index (χ3n) is 5.43. The standard InChI is InChI=1S/C23H18N6O8S/c1-13-2-9-17(10-3-13)38(36,37)27-26-20(22(30)14-4-6-15(7-5-14)28(32)33)21-23(31)25-19-12-16(29(34)35)8-11-18(19)24-21/h2-12,22,27,30H,1H3,(H,25,31)/b26-20+/t22-/m0/s1. The van der Waals surface area contributed by atoms with E-state index in [-0.39, 0.29) is 32.9 Å². The number of nitrogens with zero attached hydrogens (tertiary/aromatic N) is 4. The molecule has 15 heteroatoms. The fourth-order valence-electron chi connectivity index (χ4n) is 3.42. The van der Waals surface area contributed by atoms with Crippen LogP contribution in [0.1, 0.15) is 22.9 Å². The van der Waals surface area contributed by atoms with Gasteiger partial charge in [0.05, 0.1) is 25.8 Å². The minimum absolute atomic E-state index is 0.0253. The quantitative estimate of drug-likeness (QED) is 0.170. The van der Waals surface area contributed by atoms with E-state index in [0.717, 1.165) is 29.8 Å². The number of nitro benzene ring substituents is 2. The van der Waals surface area contributed by atoms with Gasteiger partial charge in [0.25, 0.3) is 27.0 Å². The summed E-state index contributed by atoms with van der Waals surface area (Å²) >= 11 is 0. The number of hydrogen-bond acceptors (Lipinski definition) is 10. The predicted molar refractivity (Wildman–Crippen MR) is 135 cm³/mol. The molecular formula is C23H18N6O8S. The molecule has 1 atom stereocenters. The number of benzene rings is 3. The van der Waals surface area contributed by atoms with Gasteiger partial charge in [0.15, 0.2) is 5.69 Å². The molecule has 3 aromatic carbocycles. The lowest BCUT2D eigenvalue weighted by molar-refractivity contribution is -0.385. The van der Waals surface area contributed by atoms with Gasteiger partial charge < -0.3 is 10.1 Å². The van der Waals surface area contributed by atoms with Gasteiger partial charge in [-0.3, -0.25) is 25.0 Å². The highest BCUT2D eigenvalue weighted by molar-refractivity contribution is 7.89. The zero-order chi connectivity index (χ0) is 27.6. The molecule has 194 valence electrons. The summed E-state index contributed by atoms with van der Waals surface area (Å²) in [5.74, 6) is 0. The van der Waals surface area contributed by atoms with E-state index in [4.69, 9.17) is 0 Å². The van der Waals surface area contributed by atoms with Crippen molar-refractivity contribution in [2.75, 3.05) is 0 Å². The number of hydrazone groups is 1. The van der Waals surface area contributed by atoms with E-state index in [1.54, 1.807) is 19.1 Å². The number of H-pyrrole nitrogens is 1. The van der Waals surface area contributed by atoms with Crippen LogP contribution in [0.3, 0.4) is 0 Å². The van der Waals surface area contributed by atoms with E-state index in [1.165, 1.54) is 30.3 Å². The summed E-state index contributed by atoms with van der Waals surface area (Å²) < 4.78 is 25.6. The Kier molecular flexibility index (Phi) is 6.96. The molecule has 0 amide bonds. The molecule has 0 fully saturated rings. The number of nitrogens with one attached hydrogen (secondary N) is 2. The van der Waals surface area contributed by atoms with E-state index in [0.29, 0.717) is 0 Å². The maximum absolute atomic E-state index is 12.9. The molecule has 0 saturated heterocycles. The van der Waals surface area contributed by atoms with Crippen LogP contribution in [0.15, 0.2) is 81.5 Å². The number of hydrogen-bond donors (Lipinski definition) is 3. The van der Waals surface area contributed by atoms with Crippen LogP contribution in [0.25, 0.3) is 11.0 Å². The number of aromatic amines is 1. The number of aliphatic hydroxyl groups excluding tert-OH is 1. The van der Waals surface area contributed by atoms with Crippen LogP contribution in [0.4, 0.5) is 11.4 Å². The third-order valence-corrected chi connectivity index (χ3v) is 6.65. The molecule has 0 spiro atoms. The number of aliphatic hydroxyl groups is 1. The molecule has 0 saturated carbocycles. The third kappa shape index (κ3) is 5.37. The number of aryl methyl sites for hydroxylation is 1. The number of sulfonamides is 1. The lowest BCUT2D eigenvalue weighted by Crippen LogP contribution is -2.29. The first kappa shape index (κ1) is 26.1. The molecule has 1 aromatic heterocycles. The molecule has 0 aliphatic rings. The normalized spacial score (nSPS) is 12.7. The second kappa shape index (κ2) is 10.2. The molecule has 4 rings (SSSR count). The molecule has 0 radical (unpaired) electrons. The van der Waals surface area contributed by atoms with Gasteiger partial charge in [0.2, 0.25) is 0 Å². The first-order valence-electron chi connectivity index (χ1n) is 10.7. The summed E-state index contributed by atoms with van der Waals surface area (Å²) in [6.45, 7) is 1.77. The fourth-order valence-corrected chi connectivity index (χ4v) is 4.24. The van der Waals surface area contributed by atoms with E-state index in [1.807, 2.05) is 4.83 Å². The van der Waals surface area contributed by atoms with E-state index < -0.39 is 42.9 Å². The second-order valence-electron chi connectivity index (χ2n) is 8.03. The van der Waals surface area contributed by atoms with E-state index in [9.17, 15) is 38.5 Å². The Morgan fingerprint density at radius 2 is 1.61 bits per heavy atom. The van der Waals surface area contributed by atoms with Crippen LogP contribution in [-0.4, -0.2) is 39.1 Å². The van der Waals surface area contributed by atoms with Gasteiger partial charge in [-0.25, -0.2) is 4.98 Å². The minimum atomic E-state index is -4.24. The maximum atomic E-state index is 12.9. The largest absolute Gasteiger partial charge is 0.382 e. The van der Waals surface area contributed by atoms with Gasteiger partial charge in [0, 0.05) is 24.3 Å². The van der Waals surface area contributed by atoms with Gasteiger partial charge in [-0.2, -0.15) is 18.4 Å². The molecule has 0 aliphatic heterocycles. The van der Waals surface area contributed by atoms with Crippen molar-refractivity contribution in [2.45, 2.75) is 17.9 Å². The van der Waals surface area contributed by atoms with Crippen molar-refractivity contribution in [3.8, 4) is 0 Å². The van der Waals surface area contributed by atoms with Crippen LogP contribution in [0.2, 0.25) is 0 Å². The lowest BCUT2D eigenvalue weighted by atomic mass is 10.0. The molecule has 14 nitrogen and oxygen atoms in total. The predicted octanol–water partition coefficient (Wildman–Crippen LogP) is 2.46. The first-order chi connectivity index (χ1) is 18.0. The van der Waals surface area contributed by atoms with Crippen molar-refractivity contribution in [3.05, 3.63) is 114 Å². The Labute approximate surface area is 213 Å². The van der Waals surface area contributed by atoms with Gasteiger partial charge in [-0.05, 0) is 42.8 Å². The average molecular weight is 538 g/mol. The SMILES string of the molecule is Cc1ccc(S(=O)(=O)N/N=C(\c2nc3ccc([N+](=O)[O-])cc3[nH]c2=O)[C@@H](O)c2ccc([N+](=O)[O-])cc2)cc1. The molecule has 3 N–H and O–H groups in total. The number of non-ortho nitro benzene ring substituents is 2. The summed E-state index contributed by atoms with van der Waals surface area (Å²) in [7, 11) is -4.24. The smallest absolute Gasteiger partial charge is 0.276 e. The van der Waals surface area contributed by atoms with E-state index >= 15 is 0 Å². The second-order valence-corrected chi connectivity index (χ2v) is 9.69. The van der Waals surface area contributed by atoms with Crippen LogP contribution in [0.5, 0.6) is 0 Å². The summed E-state index contributed by atoms with van der Waals surface area (Å²) in [6.07, 6.45) is -1.75. The average Bonchev–Trinajstić information content (AvgIpc) is 2.88. The van der Waals surface area contributed by atoms with Crippen molar-refractivity contribution < 1.29 is 23.4 Å². The van der Waals surface area contributed by atoms with Crippen LogP contribution < -0.4 is 10.4 Å². The molecule has 0 aliphatic carbocycles. The zero-order valence-corrected chi connectivity index (χ0v) is 20.2. The molecule has 0 unspecified atom stereocenters. The zero-order valence-electron chi connectivity index (χ0n) is 19.4. The van der Waals surface area contributed by atoms with Crippen molar-refractivity contribution in [1.29, 1.82) is 0 Å². The van der Waals surface area contributed by atoms with Gasteiger partial charge in [-0.15, -0.1) is 0 Å². The number of nitro groups is 2. The summed E-state index contributed by atoms with van der Waals surface area (Å²) in [6, 6.07) is 14.0. The Morgan fingerprint density at radius 3 is 2.21 bits per heavy atom. The van der Waals surface area contributed by atoms with Crippen LogP contribution >= 0.6 is 0 Å². The van der Waals surface area contributed by atoms with Crippen LogP contribution in [-0.2, 0) is 10.0 Å². The number of aromatic nitrogens is 2. The summed E-state index contributed by atoms with van der Waals surface area (Å²) in [5, 5.41) is 36.9. The highest BCUT2D eigenvalue weighted by Gasteiger charge is 2.25. The molecule has 0 bridgehead atoms. The molecule has 38 heavy (non-hydrogen) atoms. The van der Waals surface area contributed by atoms with Gasteiger partial charge in [0.1, 0.15) is 11.8 Å². The highest BCUT2D eigenvalue weighted by Crippen LogP contribution is 2.23. The number of rotatable bonds is 8. The van der Waals surface area contributed by atoms with Crippen molar-refractivity contribution in [3.63, 3.8) is 0 Å². The summed E-state index contributed by atoms with van der Waals surface area (Å²) in [4.78, 5) is 42.1. The van der Waals surface area contributed by atoms with Crippen molar-refractivity contribution >= 4 is 38.1 Å². The lowest BCUT2D eigenvalue weighted by Gasteiger charge is -2.14. The topological polar surface area (TPSA) is 211 Å². The molecule has 1 heterocycles. The van der Waals surface area contributed by atoms with Crippen molar-refractivity contribution in [1.82, 2.24) is 14.8 Å². The fraction of sp³-hybridized carbons (Fsp3) is 0.0870. The Balaban J connectivity index is 1.83. The highest BCUT2D eigenvalue weighted by atomic mass is 32.2. The van der Waals surface area contributed by atoms with E-state index in [2.05, 4.69) is 15.1 Å². The van der Waals surface area contributed by atoms with Crippen LogP contribution in [0, 0.1) is 27.2 Å². The van der Waals surface area contributed by atoms with Gasteiger partial charge in [-0.1, -0.05) is 17.7 Å². The monoisotopic (exact) mass is 538 g/mol. The maximum Gasteiger partial charge on any atom is 0.276 e. The molecular weight excluding hydrogens is 520 g/mol. The molecule has 4 aromatic rings.